The first-order chi connectivity index (χ1) is 38.6. The first-order valence-corrected chi connectivity index (χ1v) is 28.7. The van der Waals surface area contributed by atoms with Crippen molar-refractivity contribution >= 4 is 84.4 Å². The Bertz CT molecular complexity index is 4780. The number of furan rings is 2. The van der Waals surface area contributed by atoms with Gasteiger partial charge in [-0.2, -0.15) is 0 Å². The third-order valence-electron chi connectivity index (χ3n) is 19.2. The molecule has 0 amide bonds. The van der Waals surface area contributed by atoms with Crippen LogP contribution in [0.25, 0.3) is 101 Å². The standard InChI is InChI=1S/C76H66N2O2/c1-11-49-50-28-22-30-61(71(50)78(60(49)12-2)47-23-14-13-15-24-47)77(42-40-46-43-45-39-41-73(3,4)57-37-38-64-65(54-26-17-20-31-62(54)79-64)52(57)35-36-56(45)74(46,5)6)48-33-34-53-59(44-48)76(9,10)69-66(53)67-55-27-18-21-32-63(55)80-72(67)68-51-25-16-19-29-58(51)75(7,8)70(68)69/h11-41,44H,42-43H2,1-10H3/b36-35+,41-39?,46-40+,49-11-,60-12+. The van der Waals surface area contributed by atoms with E-state index in [-0.39, 0.29) is 21.7 Å². The van der Waals surface area contributed by atoms with Crippen LogP contribution >= 0.6 is 0 Å². The van der Waals surface area contributed by atoms with Gasteiger partial charge in [0, 0.05) is 82.6 Å². The maximum absolute atomic E-state index is 7.06. The van der Waals surface area contributed by atoms with Crippen LogP contribution < -0.4 is 15.5 Å². The molecule has 0 atom stereocenters. The van der Waals surface area contributed by atoms with Gasteiger partial charge in [-0.1, -0.05) is 207 Å². The van der Waals surface area contributed by atoms with E-state index in [9.17, 15) is 0 Å². The Labute approximate surface area is 468 Å². The first-order valence-electron chi connectivity index (χ1n) is 28.7. The second-order valence-corrected chi connectivity index (χ2v) is 25.0. The zero-order chi connectivity index (χ0) is 54.8. The van der Waals surface area contributed by atoms with Gasteiger partial charge in [-0.25, -0.2) is 0 Å². The van der Waals surface area contributed by atoms with Crippen molar-refractivity contribution in [2.24, 2.45) is 5.41 Å². The maximum Gasteiger partial charge on any atom is 0.144 e. The number of hydrogen-bond donors (Lipinski definition) is 0. The molecule has 0 N–H and O–H groups in total. The second-order valence-electron chi connectivity index (χ2n) is 25.0. The van der Waals surface area contributed by atoms with Gasteiger partial charge < -0.3 is 18.3 Å². The number of anilines is 2. The van der Waals surface area contributed by atoms with Crippen LogP contribution in [0.2, 0.25) is 0 Å². The highest BCUT2D eigenvalue weighted by Gasteiger charge is 2.49. The summed E-state index contributed by atoms with van der Waals surface area (Å²) in [6.45, 7) is 24.4. The van der Waals surface area contributed by atoms with Crippen LogP contribution in [0.1, 0.15) is 109 Å². The Morgan fingerprint density at radius 3 is 2.00 bits per heavy atom. The smallest absolute Gasteiger partial charge is 0.144 e. The van der Waals surface area contributed by atoms with Crippen molar-refractivity contribution in [3.63, 3.8) is 0 Å². The van der Waals surface area contributed by atoms with Gasteiger partial charge in [0.15, 0.2) is 0 Å². The molecular formula is C76H66N2O2. The third kappa shape index (κ3) is 6.56. The predicted octanol–water partition coefficient (Wildman–Crippen LogP) is 19.0. The van der Waals surface area contributed by atoms with Crippen LogP contribution in [0.3, 0.4) is 0 Å². The van der Waals surface area contributed by atoms with Crippen LogP contribution in [-0.2, 0) is 16.2 Å². The molecule has 4 aliphatic rings. The lowest BCUT2D eigenvalue weighted by Crippen LogP contribution is -2.28. The van der Waals surface area contributed by atoms with Gasteiger partial charge in [-0.15, -0.1) is 0 Å². The first kappa shape index (κ1) is 48.5. The van der Waals surface area contributed by atoms with Gasteiger partial charge in [-0.3, -0.25) is 0 Å². The number of rotatable bonds is 5. The summed E-state index contributed by atoms with van der Waals surface area (Å²) in [5.74, 6) is 0. The normalized spacial score (nSPS) is 18.4. The maximum atomic E-state index is 7.06. The summed E-state index contributed by atoms with van der Waals surface area (Å²) < 4.78 is 16.0. The van der Waals surface area contributed by atoms with E-state index in [1.165, 1.54) is 121 Å². The van der Waals surface area contributed by atoms with E-state index in [0.29, 0.717) is 6.54 Å². The Balaban J connectivity index is 0.931. The lowest BCUT2D eigenvalue weighted by Gasteiger charge is -2.32. The Morgan fingerprint density at radius 1 is 0.550 bits per heavy atom. The summed E-state index contributed by atoms with van der Waals surface area (Å²) in [5.41, 5.74) is 24.7. The van der Waals surface area contributed by atoms with Gasteiger partial charge in [0.2, 0.25) is 0 Å². The van der Waals surface area contributed by atoms with Crippen molar-refractivity contribution in [2.45, 2.75) is 91.9 Å². The molecule has 392 valence electrons. The SMILES string of the molecule is C/C=c1\c(=C/C)n(-c2ccccc2)c2c(N(C/C=C3\CC4=C(/C=C/c5c(ccc6oc7ccccc7c56)C(C)(C)C=C4)C3(C)C)c3ccc4c(c3)C(C)(C)c3c5c(c6oc7ccccc7c6c3-4)-c3ccccc3C5(C)C)cccc12. The molecule has 0 aliphatic heterocycles. The predicted molar refractivity (Wildman–Crippen MR) is 337 cm³/mol. The van der Waals surface area contributed by atoms with Gasteiger partial charge in [0.1, 0.15) is 22.3 Å². The molecule has 4 nitrogen and oxygen atoms in total. The molecule has 11 aromatic rings. The molecule has 3 heterocycles. The molecule has 15 rings (SSSR count). The molecule has 0 radical (unpaired) electrons. The zero-order valence-electron chi connectivity index (χ0n) is 47.6. The van der Waals surface area contributed by atoms with E-state index >= 15 is 0 Å². The molecule has 0 bridgehead atoms. The summed E-state index contributed by atoms with van der Waals surface area (Å²) in [7, 11) is 0. The number of para-hydroxylation sites is 4. The number of benzene rings is 8. The zero-order valence-corrected chi connectivity index (χ0v) is 47.6. The molecule has 0 unspecified atom stereocenters. The van der Waals surface area contributed by atoms with E-state index in [1.807, 2.05) is 0 Å². The largest absolute Gasteiger partial charge is 0.456 e. The van der Waals surface area contributed by atoms with E-state index in [4.69, 9.17) is 8.83 Å². The molecule has 0 saturated heterocycles. The Kier molecular flexibility index (Phi) is 10.3. The number of aromatic nitrogens is 1. The van der Waals surface area contributed by atoms with Crippen LogP contribution in [0, 0.1) is 5.41 Å². The summed E-state index contributed by atoms with van der Waals surface area (Å²) in [5, 5.41) is 8.41. The van der Waals surface area contributed by atoms with E-state index in [1.54, 1.807) is 0 Å². The minimum atomic E-state index is -0.350. The lowest BCUT2D eigenvalue weighted by atomic mass is 9.72. The molecule has 8 aromatic carbocycles. The Morgan fingerprint density at radius 2 is 1.23 bits per heavy atom. The van der Waals surface area contributed by atoms with E-state index < -0.39 is 0 Å². The number of nitrogens with zero attached hydrogens (tertiary/aromatic N) is 2. The second kappa shape index (κ2) is 17.0. The summed E-state index contributed by atoms with van der Waals surface area (Å²) in [6.07, 6.45) is 17.7. The highest BCUT2D eigenvalue weighted by atomic mass is 16.3. The summed E-state index contributed by atoms with van der Waals surface area (Å²) in [4.78, 5) is 2.61. The fraction of sp³-hybridized carbons (Fsp3) is 0.211. The van der Waals surface area contributed by atoms with Crippen LogP contribution in [0.5, 0.6) is 0 Å². The Hall–Kier alpha value is -8.60. The summed E-state index contributed by atoms with van der Waals surface area (Å²) >= 11 is 0. The molecule has 4 aliphatic carbocycles. The fourth-order valence-corrected chi connectivity index (χ4v) is 15.3. The lowest BCUT2D eigenvalue weighted by molar-refractivity contribution is 0.565. The van der Waals surface area contributed by atoms with Gasteiger partial charge >= 0.3 is 0 Å². The summed E-state index contributed by atoms with van der Waals surface area (Å²) in [6, 6.07) is 55.9. The molecule has 0 spiro atoms. The minimum Gasteiger partial charge on any atom is -0.456 e. The van der Waals surface area contributed by atoms with Crippen molar-refractivity contribution in [1.29, 1.82) is 0 Å². The average Bonchev–Trinajstić information content (AvgIpc) is 3.10. The van der Waals surface area contributed by atoms with Crippen molar-refractivity contribution < 1.29 is 8.83 Å². The van der Waals surface area contributed by atoms with Crippen LogP contribution in [0.4, 0.5) is 11.4 Å². The fourth-order valence-electron chi connectivity index (χ4n) is 15.3. The molecule has 80 heavy (non-hydrogen) atoms. The van der Waals surface area contributed by atoms with E-state index in [2.05, 4.69) is 273 Å². The quantitative estimate of drug-likeness (QED) is 0.161. The topological polar surface area (TPSA) is 34.5 Å². The number of hydrogen-bond acceptors (Lipinski definition) is 3. The molecule has 3 aromatic heterocycles. The van der Waals surface area contributed by atoms with Gasteiger partial charge in [0.05, 0.1) is 11.2 Å². The van der Waals surface area contributed by atoms with E-state index in [0.717, 1.165) is 39.8 Å². The molecule has 0 fully saturated rings. The average molecular weight is 1040 g/mol. The van der Waals surface area contributed by atoms with Crippen LogP contribution in [-0.4, -0.2) is 11.1 Å². The highest BCUT2D eigenvalue weighted by Crippen LogP contribution is 2.63. The minimum absolute atomic E-state index is 0.227. The van der Waals surface area contributed by atoms with Crippen LogP contribution in [0.15, 0.2) is 202 Å². The molecule has 4 heteroatoms. The van der Waals surface area contributed by atoms with Crippen molar-refractivity contribution in [1.82, 2.24) is 4.57 Å². The molecular weight excluding hydrogens is 973 g/mol. The van der Waals surface area contributed by atoms with Gasteiger partial charge in [0.25, 0.3) is 0 Å². The number of fused-ring (bicyclic) bond motifs is 18. The number of allylic oxidation sites excluding steroid dienone is 6. The highest BCUT2D eigenvalue weighted by molar-refractivity contribution is 6.21. The van der Waals surface area contributed by atoms with Crippen molar-refractivity contribution in [3.8, 4) is 27.9 Å². The monoisotopic (exact) mass is 1040 g/mol. The van der Waals surface area contributed by atoms with Gasteiger partial charge in [-0.05, 0) is 130 Å². The van der Waals surface area contributed by atoms with Crippen molar-refractivity contribution in [2.75, 3.05) is 11.4 Å². The van der Waals surface area contributed by atoms with Crippen molar-refractivity contribution in [3.05, 3.63) is 237 Å². The molecule has 0 saturated carbocycles. The third-order valence-corrected chi connectivity index (χ3v) is 19.2.